The standard InChI is InChI=1S/C14H29ClN2O2S/c1-13(11-15)12-20(18,19)16-9-6-10-17(2)14-7-4-3-5-8-14/h13-14,16H,3-12H2,1-2H3. The number of hydrogen-bond acceptors (Lipinski definition) is 3. The van der Waals surface area contributed by atoms with Crippen LogP contribution in [0.5, 0.6) is 0 Å². The zero-order chi connectivity index (χ0) is 15.0. The quantitative estimate of drug-likeness (QED) is 0.523. The summed E-state index contributed by atoms with van der Waals surface area (Å²) in [5, 5.41) is 0. The first-order valence-electron chi connectivity index (χ1n) is 7.68. The van der Waals surface area contributed by atoms with E-state index in [-0.39, 0.29) is 11.7 Å². The van der Waals surface area contributed by atoms with Crippen LogP contribution in [-0.2, 0) is 10.0 Å². The van der Waals surface area contributed by atoms with E-state index in [0.717, 1.165) is 13.0 Å². The number of hydrogen-bond donors (Lipinski definition) is 1. The van der Waals surface area contributed by atoms with Gasteiger partial charge in [0.15, 0.2) is 0 Å². The van der Waals surface area contributed by atoms with Crippen LogP contribution in [0, 0.1) is 5.92 Å². The lowest BCUT2D eigenvalue weighted by Gasteiger charge is -2.31. The third-order valence-electron chi connectivity index (χ3n) is 3.97. The molecule has 20 heavy (non-hydrogen) atoms. The largest absolute Gasteiger partial charge is 0.303 e. The number of nitrogens with one attached hydrogen (secondary N) is 1. The zero-order valence-corrected chi connectivity index (χ0v) is 14.3. The minimum atomic E-state index is -3.17. The van der Waals surface area contributed by atoms with Gasteiger partial charge in [-0.2, -0.15) is 0 Å². The molecular weight excluding hydrogens is 296 g/mol. The van der Waals surface area contributed by atoms with E-state index >= 15 is 0 Å². The maximum atomic E-state index is 11.8. The number of sulfonamides is 1. The van der Waals surface area contributed by atoms with E-state index in [4.69, 9.17) is 11.6 Å². The lowest BCUT2D eigenvalue weighted by Crippen LogP contribution is -2.36. The monoisotopic (exact) mass is 324 g/mol. The van der Waals surface area contributed by atoms with Crippen molar-refractivity contribution in [2.24, 2.45) is 5.92 Å². The fourth-order valence-electron chi connectivity index (χ4n) is 2.74. The number of alkyl halides is 1. The van der Waals surface area contributed by atoms with Gasteiger partial charge in [0.1, 0.15) is 0 Å². The molecule has 0 aromatic rings. The molecule has 0 spiro atoms. The Morgan fingerprint density at radius 3 is 2.55 bits per heavy atom. The zero-order valence-electron chi connectivity index (χ0n) is 12.8. The van der Waals surface area contributed by atoms with Gasteiger partial charge in [0.25, 0.3) is 0 Å². The van der Waals surface area contributed by atoms with E-state index in [9.17, 15) is 8.42 Å². The van der Waals surface area contributed by atoms with Crippen LogP contribution in [0.2, 0.25) is 0 Å². The summed E-state index contributed by atoms with van der Waals surface area (Å²) in [5.74, 6) is 0.499. The van der Waals surface area contributed by atoms with Gasteiger partial charge in [-0.15, -0.1) is 11.6 Å². The third kappa shape index (κ3) is 7.25. The van der Waals surface area contributed by atoms with Crippen LogP contribution < -0.4 is 4.72 Å². The minimum Gasteiger partial charge on any atom is -0.303 e. The molecule has 0 saturated heterocycles. The average molecular weight is 325 g/mol. The Morgan fingerprint density at radius 1 is 1.30 bits per heavy atom. The molecule has 6 heteroatoms. The van der Waals surface area contributed by atoms with Gasteiger partial charge in [0.2, 0.25) is 10.0 Å². The summed E-state index contributed by atoms with van der Waals surface area (Å²) in [5.41, 5.74) is 0. The van der Waals surface area contributed by atoms with E-state index in [0.29, 0.717) is 18.5 Å². The van der Waals surface area contributed by atoms with Crippen molar-refractivity contribution in [1.29, 1.82) is 0 Å². The molecule has 1 rings (SSSR count). The maximum absolute atomic E-state index is 11.8. The van der Waals surface area contributed by atoms with Crippen molar-refractivity contribution < 1.29 is 8.42 Å². The Kier molecular flexibility index (Phi) is 8.41. The molecule has 1 aliphatic rings. The van der Waals surface area contributed by atoms with Crippen molar-refractivity contribution in [2.45, 2.75) is 51.5 Å². The van der Waals surface area contributed by atoms with Crippen LogP contribution in [-0.4, -0.2) is 51.1 Å². The second-order valence-corrected chi connectivity index (χ2v) is 8.22. The molecular formula is C14H29ClN2O2S. The van der Waals surface area contributed by atoms with Crippen LogP contribution in [0.15, 0.2) is 0 Å². The fourth-order valence-corrected chi connectivity index (χ4v) is 4.42. The van der Waals surface area contributed by atoms with Crippen molar-refractivity contribution in [3.05, 3.63) is 0 Å². The first-order valence-corrected chi connectivity index (χ1v) is 9.87. The summed E-state index contributed by atoms with van der Waals surface area (Å²) >= 11 is 5.65. The highest BCUT2D eigenvalue weighted by Crippen LogP contribution is 2.21. The van der Waals surface area contributed by atoms with Gasteiger partial charge in [-0.1, -0.05) is 26.2 Å². The Bertz CT molecular complexity index is 356. The SMILES string of the molecule is CC(CCl)CS(=O)(=O)NCCCN(C)C1CCCCC1. The predicted molar refractivity (Wildman–Crippen MR) is 85.8 cm³/mol. The molecule has 1 unspecified atom stereocenters. The molecule has 1 saturated carbocycles. The molecule has 1 atom stereocenters. The van der Waals surface area contributed by atoms with Crippen molar-refractivity contribution in [1.82, 2.24) is 9.62 Å². The Labute approximate surface area is 129 Å². The molecule has 0 aliphatic heterocycles. The first kappa shape index (κ1) is 18.2. The molecule has 1 N–H and O–H groups in total. The minimum absolute atomic E-state index is 0.000853. The smallest absolute Gasteiger partial charge is 0.211 e. The highest BCUT2D eigenvalue weighted by molar-refractivity contribution is 7.89. The molecule has 4 nitrogen and oxygen atoms in total. The highest BCUT2D eigenvalue weighted by atomic mass is 35.5. The van der Waals surface area contributed by atoms with Crippen LogP contribution in [0.25, 0.3) is 0 Å². The molecule has 0 aromatic carbocycles. The van der Waals surface area contributed by atoms with Gasteiger partial charge in [0.05, 0.1) is 5.75 Å². The Balaban J connectivity index is 2.17. The molecule has 1 aliphatic carbocycles. The Morgan fingerprint density at radius 2 is 1.95 bits per heavy atom. The predicted octanol–water partition coefficient (Wildman–Crippen LogP) is 2.44. The molecule has 0 radical (unpaired) electrons. The van der Waals surface area contributed by atoms with E-state index in [1.807, 2.05) is 6.92 Å². The van der Waals surface area contributed by atoms with Gasteiger partial charge in [-0.25, -0.2) is 13.1 Å². The van der Waals surface area contributed by atoms with E-state index in [2.05, 4.69) is 16.7 Å². The van der Waals surface area contributed by atoms with Gasteiger partial charge >= 0.3 is 0 Å². The molecule has 1 fully saturated rings. The third-order valence-corrected chi connectivity index (χ3v) is 6.15. The summed E-state index contributed by atoms with van der Waals surface area (Å²) < 4.78 is 26.2. The van der Waals surface area contributed by atoms with Crippen LogP contribution in [0.4, 0.5) is 0 Å². The normalized spacial score (nSPS) is 19.4. The summed E-state index contributed by atoms with van der Waals surface area (Å²) in [6, 6.07) is 0.691. The molecule has 0 amide bonds. The lowest BCUT2D eigenvalue weighted by molar-refractivity contribution is 0.190. The summed E-state index contributed by atoms with van der Waals surface area (Å²) in [4.78, 5) is 2.38. The van der Waals surface area contributed by atoms with Gasteiger partial charge in [0, 0.05) is 18.5 Å². The van der Waals surface area contributed by atoms with Crippen molar-refractivity contribution in [2.75, 3.05) is 31.8 Å². The average Bonchev–Trinajstić information content (AvgIpc) is 2.43. The highest BCUT2D eigenvalue weighted by Gasteiger charge is 2.18. The molecule has 0 aromatic heterocycles. The summed E-state index contributed by atoms with van der Waals surface area (Å²) in [7, 11) is -1.02. The number of halogens is 1. The van der Waals surface area contributed by atoms with E-state index in [1.54, 1.807) is 0 Å². The molecule has 120 valence electrons. The first-order chi connectivity index (χ1) is 9.44. The van der Waals surface area contributed by atoms with Crippen molar-refractivity contribution in [3.8, 4) is 0 Å². The number of nitrogens with zero attached hydrogens (tertiary/aromatic N) is 1. The van der Waals surface area contributed by atoms with E-state index < -0.39 is 10.0 Å². The maximum Gasteiger partial charge on any atom is 0.211 e. The van der Waals surface area contributed by atoms with Gasteiger partial charge < -0.3 is 4.90 Å². The lowest BCUT2D eigenvalue weighted by atomic mass is 9.94. The van der Waals surface area contributed by atoms with Crippen molar-refractivity contribution in [3.63, 3.8) is 0 Å². The van der Waals surface area contributed by atoms with Gasteiger partial charge in [-0.05, 0) is 38.8 Å². The summed E-state index contributed by atoms with van der Waals surface area (Å²) in [6.07, 6.45) is 7.46. The molecule has 0 bridgehead atoms. The molecule has 0 heterocycles. The van der Waals surface area contributed by atoms with Crippen LogP contribution in [0.1, 0.15) is 45.4 Å². The summed E-state index contributed by atoms with van der Waals surface area (Å²) in [6.45, 7) is 3.33. The fraction of sp³-hybridized carbons (Fsp3) is 1.00. The van der Waals surface area contributed by atoms with Gasteiger partial charge in [-0.3, -0.25) is 0 Å². The van der Waals surface area contributed by atoms with Crippen molar-refractivity contribution >= 4 is 21.6 Å². The van der Waals surface area contributed by atoms with E-state index in [1.165, 1.54) is 32.1 Å². The van der Waals surface area contributed by atoms with Crippen LogP contribution >= 0.6 is 11.6 Å². The topological polar surface area (TPSA) is 49.4 Å². The van der Waals surface area contributed by atoms with Crippen LogP contribution in [0.3, 0.4) is 0 Å². The second kappa shape index (κ2) is 9.23. The second-order valence-electron chi connectivity index (χ2n) is 6.06. The number of rotatable bonds is 9. The Hall–Kier alpha value is 0.160.